The summed E-state index contributed by atoms with van der Waals surface area (Å²) in [5, 5.41) is 0. The van der Waals surface area contributed by atoms with Gasteiger partial charge in [-0.25, -0.2) is 0 Å². The van der Waals surface area contributed by atoms with Gasteiger partial charge in [-0.3, -0.25) is 20.4 Å². The molecule has 148 valence electrons. The molecule has 0 spiro atoms. The molecule has 0 fully saturated rings. The second-order valence-corrected chi connectivity index (χ2v) is 5.72. The van der Waals surface area contributed by atoms with Crippen LogP contribution < -0.4 is 34.5 Å². The Morgan fingerprint density at radius 1 is 0.964 bits per heavy atom. The highest BCUT2D eigenvalue weighted by Gasteiger charge is 2.27. The van der Waals surface area contributed by atoms with Gasteiger partial charge in [-0.1, -0.05) is 12.1 Å². The summed E-state index contributed by atoms with van der Waals surface area (Å²) < 4.78 is 26.7. The van der Waals surface area contributed by atoms with Crippen LogP contribution in [0, 0.1) is 0 Å². The highest BCUT2D eigenvalue weighted by molar-refractivity contribution is 5.97. The number of methoxy groups -OCH3 is 3. The van der Waals surface area contributed by atoms with E-state index in [2.05, 4.69) is 10.9 Å². The monoisotopic (exact) mass is 388 g/mol. The van der Waals surface area contributed by atoms with Gasteiger partial charge in [0.05, 0.1) is 21.3 Å². The average Bonchev–Trinajstić information content (AvgIpc) is 2.75. The predicted octanol–water partition coefficient (Wildman–Crippen LogP) is 1.31. The maximum atomic E-state index is 12.4. The standard InChI is InChI=1S/C19H20N2O7/c1-24-14-8-11(9-15(25-2)17(14)26-3)18(22)20-21-19(23)16-10-27-12-6-4-5-7-13(12)28-16/h4-9,16H,10H2,1-3H3,(H,20,22)(H,21,23)/t16-/m1/s1. The Morgan fingerprint density at radius 3 is 2.21 bits per heavy atom. The van der Waals surface area contributed by atoms with Gasteiger partial charge in [0.1, 0.15) is 6.61 Å². The number of ether oxygens (including phenoxy) is 5. The highest BCUT2D eigenvalue weighted by Crippen LogP contribution is 2.38. The Labute approximate surface area is 161 Å². The first-order chi connectivity index (χ1) is 13.6. The summed E-state index contributed by atoms with van der Waals surface area (Å²) in [7, 11) is 4.35. The first kappa shape index (κ1) is 19.2. The van der Waals surface area contributed by atoms with Gasteiger partial charge in [-0.2, -0.15) is 0 Å². The Hall–Kier alpha value is -3.62. The van der Waals surface area contributed by atoms with Gasteiger partial charge in [0.25, 0.3) is 11.8 Å². The molecule has 0 aromatic heterocycles. The van der Waals surface area contributed by atoms with Gasteiger partial charge in [0, 0.05) is 5.56 Å². The third-order valence-electron chi connectivity index (χ3n) is 4.03. The number of hydrogen-bond acceptors (Lipinski definition) is 7. The molecule has 1 atom stereocenters. The molecule has 1 aliphatic rings. The van der Waals surface area contributed by atoms with Gasteiger partial charge >= 0.3 is 0 Å². The van der Waals surface area contributed by atoms with Crippen molar-refractivity contribution in [2.24, 2.45) is 0 Å². The van der Waals surface area contributed by atoms with E-state index in [-0.39, 0.29) is 12.2 Å². The van der Waals surface area contributed by atoms with Crippen LogP contribution in [-0.4, -0.2) is 45.9 Å². The van der Waals surface area contributed by atoms with E-state index in [9.17, 15) is 9.59 Å². The van der Waals surface area contributed by atoms with Crippen molar-refractivity contribution in [1.29, 1.82) is 0 Å². The summed E-state index contributed by atoms with van der Waals surface area (Å²) in [6, 6.07) is 9.96. The van der Waals surface area contributed by atoms with Crippen molar-refractivity contribution in [3.8, 4) is 28.7 Å². The van der Waals surface area contributed by atoms with E-state index >= 15 is 0 Å². The van der Waals surface area contributed by atoms with Crippen LogP contribution >= 0.6 is 0 Å². The molecule has 1 aliphatic heterocycles. The fourth-order valence-electron chi connectivity index (χ4n) is 2.63. The summed E-state index contributed by atoms with van der Waals surface area (Å²) in [6.45, 7) is 0.0307. The quantitative estimate of drug-likeness (QED) is 0.744. The predicted molar refractivity (Wildman–Crippen MR) is 98.1 cm³/mol. The minimum absolute atomic E-state index is 0.0307. The minimum atomic E-state index is -0.893. The summed E-state index contributed by atoms with van der Waals surface area (Å²) in [5.41, 5.74) is 4.87. The lowest BCUT2D eigenvalue weighted by Crippen LogP contribution is -2.50. The molecule has 2 aromatic carbocycles. The Balaban J connectivity index is 1.65. The first-order valence-corrected chi connectivity index (χ1v) is 8.36. The molecule has 3 rings (SSSR count). The summed E-state index contributed by atoms with van der Waals surface area (Å²) in [5.74, 6) is 0.910. The van der Waals surface area contributed by atoms with Crippen molar-refractivity contribution in [1.82, 2.24) is 10.9 Å². The zero-order valence-corrected chi connectivity index (χ0v) is 15.6. The molecule has 2 N–H and O–H groups in total. The highest BCUT2D eigenvalue weighted by atomic mass is 16.6. The number of carbonyl (C=O) groups is 2. The van der Waals surface area contributed by atoms with Gasteiger partial charge < -0.3 is 23.7 Å². The van der Waals surface area contributed by atoms with Crippen LogP contribution in [0.3, 0.4) is 0 Å². The number of hydrazine groups is 1. The first-order valence-electron chi connectivity index (χ1n) is 8.36. The van der Waals surface area contributed by atoms with E-state index in [0.29, 0.717) is 28.7 Å². The van der Waals surface area contributed by atoms with E-state index < -0.39 is 17.9 Å². The molecular weight excluding hydrogens is 368 g/mol. The number of amides is 2. The molecule has 0 unspecified atom stereocenters. The lowest BCUT2D eigenvalue weighted by Gasteiger charge is -2.25. The number of benzene rings is 2. The number of carbonyl (C=O) groups excluding carboxylic acids is 2. The molecule has 0 radical (unpaired) electrons. The van der Waals surface area contributed by atoms with Crippen molar-refractivity contribution >= 4 is 11.8 Å². The number of rotatable bonds is 5. The largest absolute Gasteiger partial charge is 0.493 e. The third kappa shape index (κ3) is 3.88. The molecular formula is C19H20N2O7. The van der Waals surface area contributed by atoms with E-state index in [4.69, 9.17) is 23.7 Å². The van der Waals surface area contributed by atoms with Gasteiger partial charge in [0.15, 0.2) is 23.0 Å². The van der Waals surface area contributed by atoms with Crippen LogP contribution in [0.4, 0.5) is 0 Å². The lowest BCUT2D eigenvalue weighted by molar-refractivity contribution is -0.131. The second-order valence-electron chi connectivity index (χ2n) is 5.72. The van der Waals surface area contributed by atoms with E-state index in [1.54, 1.807) is 24.3 Å². The Kier molecular flexibility index (Phi) is 5.73. The second kappa shape index (κ2) is 8.38. The molecule has 0 saturated carbocycles. The van der Waals surface area contributed by atoms with Gasteiger partial charge in [-0.05, 0) is 24.3 Å². The minimum Gasteiger partial charge on any atom is -0.493 e. The Morgan fingerprint density at radius 2 is 1.61 bits per heavy atom. The maximum absolute atomic E-state index is 12.4. The van der Waals surface area contributed by atoms with Crippen LogP contribution in [0.1, 0.15) is 10.4 Å². The molecule has 2 aromatic rings. The van der Waals surface area contributed by atoms with Crippen LogP contribution in [0.15, 0.2) is 36.4 Å². The number of hydrogen-bond donors (Lipinski definition) is 2. The zero-order chi connectivity index (χ0) is 20.1. The molecule has 28 heavy (non-hydrogen) atoms. The zero-order valence-electron chi connectivity index (χ0n) is 15.6. The summed E-state index contributed by atoms with van der Waals surface area (Å²) in [4.78, 5) is 24.7. The number of fused-ring (bicyclic) bond motifs is 1. The van der Waals surface area contributed by atoms with Crippen LogP contribution in [0.25, 0.3) is 0 Å². The molecule has 0 aliphatic carbocycles. The normalized spacial score (nSPS) is 14.6. The van der Waals surface area contributed by atoms with Crippen molar-refractivity contribution < 1.29 is 33.3 Å². The SMILES string of the molecule is COc1cc(C(=O)NNC(=O)[C@H]2COc3ccccc3O2)cc(OC)c1OC. The van der Waals surface area contributed by atoms with Crippen molar-refractivity contribution in [2.45, 2.75) is 6.10 Å². The topological polar surface area (TPSA) is 104 Å². The van der Waals surface area contributed by atoms with Gasteiger partial charge in [0.2, 0.25) is 11.9 Å². The summed E-state index contributed by atoms with van der Waals surface area (Å²) in [6.07, 6.45) is -0.893. The fourth-order valence-corrected chi connectivity index (χ4v) is 2.63. The van der Waals surface area contributed by atoms with Crippen molar-refractivity contribution in [3.05, 3.63) is 42.0 Å². The summed E-state index contributed by atoms with van der Waals surface area (Å²) >= 11 is 0. The maximum Gasteiger partial charge on any atom is 0.283 e. The Bertz CT molecular complexity index is 859. The van der Waals surface area contributed by atoms with Crippen LogP contribution in [0.2, 0.25) is 0 Å². The number of para-hydroxylation sites is 2. The molecule has 2 amide bonds. The van der Waals surface area contributed by atoms with Gasteiger partial charge in [-0.15, -0.1) is 0 Å². The third-order valence-corrected chi connectivity index (χ3v) is 4.03. The van der Waals surface area contributed by atoms with E-state index in [1.807, 2.05) is 0 Å². The van der Waals surface area contributed by atoms with Crippen LogP contribution in [-0.2, 0) is 4.79 Å². The fraction of sp³-hybridized carbons (Fsp3) is 0.263. The van der Waals surface area contributed by atoms with Crippen molar-refractivity contribution in [2.75, 3.05) is 27.9 Å². The van der Waals surface area contributed by atoms with Crippen molar-refractivity contribution in [3.63, 3.8) is 0 Å². The molecule has 1 heterocycles. The molecule has 9 nitrogen and oxygen atoms in total. The van der Waals surface area contributed by atoms with E-state index in [1.165, 1.54) is 33.5 Å². The molecule has 9 heteroatoms. The molecule has 0 bridgehead atoms. The smallest absolute Gasteiger partial charge is 0.283 e. The number of nitrogens with one attached hydrogen (secondary N) is 2. The van der Waals surface area contributed by atoms with E-state index in [0.717, 1.165) is 0 Å². The van der Waals surface area contributed by atoms with Crippen LogP contribution in [0.5, 0.6) is 28.7 Å². The lowest BCUT2D eigenvalue weighted by atomic mass is 10.1. The average molecular weight is 388 g/mol. The molecule has 0 saturated heterocycles.